The second-order valence-corrected chi connectivity index (χ2v) is 5.54. The van der Waals surface area contributed by atoms with E-state index < -0.39 is 0 Å². The van der Waals surface area contributed by atoms with E-state index in [9.17, 15) is 0 Å². The van der Waals surface area contributed by atoms with E-state index in [-0.39, 0.29) is 0 Å². The van der Waals surface area contributed by atoms with Gasteiger partial charge in [-0.25, -0.2) is 0 Å². The lowest BCUT2D eigenvalue weighted by atomic mass is 10.1. The monoisotopic (exact) mass is 244 g/mol. The fourth-order valence-electron chi connectivity index (χ4n) is 2.49. The van der Waals surface area contributed by atoms with Crippen LogP contribution in [-0.2, 0) is 13.0 Å². The van der Waals surface area contributed by atoms with Crippen molar-refractivity contribution < 1.29 is 0 Å². The van der Waals surface area contributed by atoms with Crippen LogP contribution in [0.5, 0.6) is 0 Å². The van der Waals surface area contributed by atoms with Crippen LogP contribution in [0.1, 0.15) is 28.5 Å². The maximum atomic E-state index is 5.81. The van der Waals surface area contributed by atoms with Crippen LogP contribution in [0.15, 0.2) is 35.7 Å². The summed E-state index contributed by atoms with van der Waals surface area (Å²) in [5.74, 6) is 0. The zero-order valence-corrected chi connectivity index (χ0v) is 10.5. The second-order valence-electron chi connectivity index (χ2n) is 4.51. The van der Waals surface area contributed by atoms with Gasteiger partial charge < -0.3 is 11.1 Å². The molecule has 17 heavy (non-hydrogen) atoms. The molecule has 1 heterocycles. The Labute approximate surface area is 105 Å². The van der Waals surface area contributed by atoms with Gasteiger partial charge in [-0.05, 0) is 47.5 Å². The van der Waals surface area contributed by atoms with Crippen molar-refractivity contribution in [3.8, 4) is 0 Å². The third-order valence-electron chi connectivity index (χ3n) is 3.35. The second kappa shape index (κ2) is 4.51. The number of nitrogens with one attached hydrogen (secondary N) is 1. The molecule has 0 amide bonds. The molecule has 1 unspecified atom stereocenters. The van der Waals surface area contributed by atoms with E-state index in [1.54, 1.807) is 0 Å². The van der Waals surface area contributed by atoms with Gasteiger partial charge in [-0.1, -0.05) is 12.1 Å². The molecule has 0 saturated carbocycles. The average molecular weight is 244 g/mol. The number of hydrogen-bond acceptors (Lipinski definition) is 3. The van der Waals surface area contributed by atoms with E-state index in [4.69, 9.17) is 5.73 Å². The number of fused-ring (bicyclic) bond motifs is 1. The van der Waals surface area contributed by atoms with Crippen molar-refractivity contribution in [3.63, 3.8) is 0 Å². The summed E-state index contributed by atoms with van der Waals surface area (Å²) in [5.41, 5.74) is 9.52. The van der Waals surface area contributed by atoms with Crippen LogP contribution in [0.25, 0.3) is 0 Å². The summed E-state index contributed by atoms with van der Waals surface area (Å²) < 4.78 is 0. The van der Waals surface area contributed by atoms with Crippen LogP contribution < -0.4 is 11.1 Å². The first-order chi connectivity index (χ1) is 8.33. The molecule has 1 atom stereocenters. The Kier molecular flexibility index (Phi) is 2.87. The van der Waals surface area contributed by atoms with Crippen molar-refractivity contribution >= 4 is 17.0 Å². The van der Waals surface area contributed by atoms with Crippen LogP contribution in [0.4, 0.5) is 5.69 Å². The number of nitrogens with two attached hydrogens (primary N) is 1. The van der Waals surface area contributed by atoms with Crippen molar-refractivity contribution in [1.29, 1.82) is 0 Å². The largest absolute Gasteiger partial charge is 0.399 e. The van der Waals surface area contributed by atoms with Crippen molar-refractivity contribution in [3.05, 3.63) is 51.7 Å². The number of hydrogen-bond donors (Lipinski definition) is 2. The Morgan fingerprint density at radius 3 is 3.12 bits per heavy atom. The van der Waals surface area contributed by atoms with Crippen molar-refractivity contribution in [2.75, 3.05) is 5.73 Å². The van der Waals surface area contributed by atoms with Gasteiger partial charge in [0.2, 0.25) is 0 Å². The van der Waals surface area contributed by atoms with E-state index in [1.807, 2.05) is 17.4 Å². The first kappa shape index (κ1) is 10.8. The molecule has 3 rings (SSSR count). The van der Waals surface area contributed by atoms with Crippen molar-refractivity contribution in [2.45, 2.75) is 25.4 Å². The third-order valence-corrected chi connectivity index (χ3v) is 4.22. The molecule has 2 aromatic rings. The fourth-order valence-corrected chi connectivity index (χ4v) is 3.14. The number of benzene rings is 1. The van der Waals surface area contributed by atoms with Crippen LogP contribution in [0, 0.1) is 0 Å². The summed E-state index contributed by atoms with van der Waals surface area (Å²) >= 11 is 1.81. The van der Waals surface area contributed by atoms with Crippen LogP contribution in [0.3, 0.4) is 0 Å². The maximum Gasteiger partial charge on any atom is 0.0329 e. The van der Waals surface area contributed by atoms with E-state index in [0.29, 0.717) is 6.04 Å². The molecule has 0 bridgehead atoms. The fraction of sp³-hybridized carbons (Fsp3) is 0.286. The molecule has 0 fully saturated rings. The lowest BCUT2D eigenvalue weighted by Crippen LogP contribution is -2.17. The van der Waals surface area contributed by atoms with Crippen LogP contribution >= 0.6 is 11.3 Å². The number of thiophene rings is 1. The zero-order chi connectivity index (χ0) is 11.7. The lowest BCUT2D eigenvalue weighted by Gasteiger charge is -2.13. The van der Waals surface area contributed by atoms with Gasteiger partial charge in [-0.3, -0.25) is 0 Å². The summed E-state index contributed by atoms with van der Waals surface area (Å²) in [7, 11) is 0. The third kappa shape index (κ3) is 2.21. The SMILES string of the molecule is Nc1ccc2c(c1)CCC2NCc1cccs1. The molecule has 2 nitrogen and oxygen atoms in total. The Morgan fingerprint density at radius 1 is 1.35 bits per heavy atom. The Hall–Kier alpha value is -1.32. The highest BCUT2D eigenvalue weighted by Gasteiger charge is 2.21. The average Bonchev–Trinajstić information content (AvgIpc) is 2.94. The smallest absolute Gasteiger partial charge is 0.0329 e. The summed E-state index contributed by atoms with van der Waals surface area (Å²) in [6, 6.07) is 11.1. The normalized spacial score (nSPS) is 18.2. The summed E-state index contributed by atoms with van der Waals surface area (Å²) in [4.78, 5) is 1.40. The number of anilines is 1. The van der Waals surface area contributed by atoms with Gasteiger partial charge in [-0.2, -0.15) is 0 Å². The van der Waals surface area contributed by atoms with E-state index in [2.05, 4.69) is 35.0 Å². The molecule has 0 saturated heterocycles. The van der Waals surface area contributed by atoms with Gasteiger partial charge in [0.05, 0.1) is 0 Å². The summed E-state index contributed by atoms with van der Waals surface area (Å²) in [5, 5.41) is 5.75. The minimum absolute atomic E-state index is 0.493. The Morgan fingerprint density at radius 2 is 2.29 bits per heavy atom. The van der Waals surface area contributed by atoms with E-state index in [0.717, 1.165) is 18.7 Å². The number of aryl methyl sites for hydroxylation is 1. The molecule has 0 aliphatic heterocycles. The standard InChI is InChI=1S/C14H16N2S/c15-11-4-5-13-10(8-11)3-6-14(13)16-9-12-2-1-7-17-12/h1-2,4-5,7-8,14,16H,3,6,9,15H2. The predicted octanol–water partition coefficient (Wildman–Crippen LogP) is 3.11. The Bertz CT molecular complexity index is 505. The van der Waals surface area contributed by atoms with E-state index in [1.165, 1.54) is 22.4 Å². The predicted molar refractivity (Wildman–Crippen MR) is 73.1 cm³/mol. The molecule has 3 N–H and O–H groups in total. The molecule has 1 aromatic heterocycles. The van der Waals surface area contributed by atoms with Gasteiger partial charge >= 0.3 is 0 Å². The minimum atomic E-state index is 0.493. The van der Waals surface area contributed by atoms with Crippen molar-refractivity contribution in [2.24, 2.45) is 0 Å². The quantitative estimate of drug-likeness (QED) is 0.814. The summed E-state index contributed by atoms with van der Waals surface area (Å²) in [6.07, 6.45) is 2.33. The molecular weight excluding hydrogens is 228 g/mol. The highest BCUT2D eigenvalue weighted by molar-refractivity contribution is 7.09. The van der Waals surface area contributed by atoms with Crippen molar-refractivity contribution in [1.82, 2.24) is 5.32 Å². The highest BCUT2D eigenvalue weighted by atomic mass is 32.1. The number of rotatable bonds is 3. The molecule has 1 aliphatic carbocycles. The summed E-state index contributed by atoms with van der Waals surface area (Å²) in [6.45, 7) is 0.964. The number of nitrogen functional groups attached to an aromatic ring is 1. The molecule has 0 radical (unpaired) electrons. The lowest BCUT2D eigenvalue weighted by molar-refractivity contribution is 0.533. The molecule has 88 valence electrons. The van der Waals surface area contributed by atoms with E-state index >= 15 is 0 Å². The van der Waals surface area contributed by atoms with Gasteiger partial charge in [0.25, 0.3) is 0 Å². The highest BCUT2D eigenvalue weighted by Crippen LogP contribution is 2.32. The zero-order valence-electron chi connectivity index (χ0n) is 9.65. The molecule has 3 heteroatoms. The van der Waals surface area contributed by atoms with Gasteiger partial charge in [-0.15, -0.1) is 11.3 Å². The van der Waals surface area contributed by atoms with Crippen LogP contribution in [-0.4, -0.2) is 0 Å². The first-order valence-electron chi connectivity index (χ1n) is 5.97. The van der Waals surface area contributed by atoms with Crippen LogP contribution in [0.2, 0.25) is 0 Å². The van der Waals surface area contributed by atoms with Gasteiger partial charge in [0.15, 0.2) is 0 Å². The molecule has 0 spiro atoms. The van der Waals surface area contributed by atoms with Gasteiger partial charge in [0.1, 0.15) is 0 Å². The minimum Gasteiger partial charge on any atom is -0.399 e. The molecule has 1 aromatic carbocycles. The molecular formula is C14H16N2S. The van der Waals surface area contributed by atoms with Gasteiger partial charge in [0, 0.05) is 23.2 Å². The first-order valence-corrected chi connectivity index (χ1v) is 6.85. The topological polar surface area (TPSA) is 38.0 Å². The Balaban J connectivity index is 1.71. The molecule has 1 aliphatic rings. The maximum absolute atomic E-state index is 5.81.